The predicted octanol–water partition coefficient (Wildman–Crippen LogP) is 14.5. The highest BCUT2D eigenvalue weighted by atomic mass is 28.4. The van der Waals surface area contributed by atoms with Crippen LogP contribution in [0.2, 0.25) is 53.4 Å². The van der Waals surface area contributed by atoms with Gasteiger partial charge in [0.25, 0.3) is 25.0 Å². The topological polar surface area (TPSA) is 159 Å². The number of aldehydes is 1. The summed E-state index contributed by atoms with van der Waals surface area (Å²) in [5, 5.41) is 19.3. The SMILES string of the molecule is CC[Si](C)(Oc1ccc(O)c(C)c1OC)C(C)(C)C.CC[Si](C)(Oc1ccc(OCOC)c(C)c1OC)C(C)(C)C.COCOc1ccc(O[Si](C)(C)C(C)(C)C)c(OC)c1.COc1cc(C=O)ccc1O. The van der Waals surface area contributed by atoms with Crippen LogP contribution >= 0.6 is 0 Å². The van der Waals surface area contributed by atoms with Crippen molar-refractivity contribution in [3.8, 4) is 63.2 Å². The Morgan fingerprint density at radius 1 is 0.486 bits per heavy atom. The number of phenols is 2. The van der Waals surface area contributed by atoms with Gasteiger partial charge < -0.3 is 61.4 Å². The molecule has 0 amide bonds. The van der Waals surface area contributed by atoms with Crippen molar-refractivity contribution in [1.82, 2.24) is 0 Å². The van der Waals surface area contributed by atoms with E-state index >= 15 is 0 Å². The molecule has 4 aromatic carbocycles. The van der Waals surface area contributed by atoms with Crippen molar-refractivity contribution >= 4 is 31.2 Å². The van der Waals surface area contributed by atoms with Crippen molar-refractivity contribution in [2.75, 3.05) is 56.2 Å². The molecule has 2 unspecified atom stereocenters. The molecule has 0 aromatic heterocycles. The fourth-order valence-electron chi connectivity index (χ4n) is 6.39. The average Bonchev–Trinajstić information content (AvgIpc) is 3.31. The lowest BCUT2D eigenvalue weighted by atomic mass is 10.2. The number of aromatic hydroxyl groups is 2. The van der Waals surface area contributed by atoms with Crippen LogP contribution in [0.4, 0.5) is 0 Å². The summed E-state index contributed by atoms with van der Waals surface area (Å²) >= 11 is 0. The van der Waals surface area contributed by atoms with Gasteiger partial charge in [-0.2, -0.15) is 0 Å². The predicted molar refractivity (Wildman–Crippen MR) is 298 cm³/mol. The summed E-state index contributed by atoms with van der Waals surface area (Å²) in [5.74, 6) is 6.41. The molecular weight excluding hydrogens is 969 g/mol. The van der Waals surface area contributed by atoms with Crippen molar-refractivity contribution in [3.05, 3.63) is 77.4 Å². The summed E-state index contributed by atoms with van der Waals surface area (Å²) < 4.78 is 61.1. The quantitative estimate of drug-likeness (QED) is 0.0519. The first-order valence-corrected chi connectivity index (χ1v) is 32.3. The number of carbonyl (C=O) groups excluding carboxylic acids is 1. The second-order valence-corrected chi connectivity index (χ2v) is 35.6. The highest BCUT2D eigenvalue weighted by molar-refractivity contribution is 6.76. The molecule has 4 aromatic rings. The number of phenolic OH excluding ortho intramolecular Hbond substituents is 2. The van der Waals surface area contributed by atoms with E-state index in [0.29, 0.717) is 34.8 Å². The largest absolute Gasteiger partial charge is 0.541 e. The number of hydrogen-bond acceptors (Lipinski definition) is 14. The second kappa shape index (κ2) is 28.4. The van der Waals surface area contributed by atoms with Crippen molar-refractivity contribution in [2.45, 2.75) is 143 Å². The standard InChI is InChI=1S/C17H30O4Si.C15H26O4Si.C15H26O3Si.C8H8O3/c1-9-22(8,17(3,4)5)21-15-11-10-14(20-12-18-6)13(2)16(15)19-7;1-15(2,3)20(6,7)19-13-9-8-12(18-11-16-4)10-14(13)17-5;1-8-19(7,15(3,4)5)18-13-10-9-12(16)11(2)14(13)17-6;1-11-8-4-6(5-9)2-3-7(8)10/h10-11H,9,12H2,1-8H3;8-10H,11H2,1-7H3;9-10,16H,8H2,1-7H3;2-5,10H,1H3. The molecule has 0 bridgehead atoms. The normalized spacial score (nSPS) is 13.1. The van der Waals surface area contributed by atoms with Gasteiger partial charge in [-0.15, -0.1) is 0 Å². The third-order valence-corrected chi connectivity index (χ3v) is 28.3. The van der Waals surface area contributed by atoms with E-state index in [-0.39, 0.29) is 40.2 Å². The van der Waals surface area contributed by atoms with Gasteiger partial charge in [0, 0.05) is 37.0 Å². The van der Waals surface area contributed by atoms with Crippen LogP contribution in [0.25, 0.3) is 0 Å². The van der Waals surface area contributed by atoms with Gasteiger partial charge in [-0.25, -0.2) is 0 Å². The summed E-state index contributed by atoms with van der Waals surface area (Å²) in [7, 11) is 3.81. The molecule has 72 heavy (non-hydrogen) atoms. The molecule has 17 heteroatoms. The molecule has 0 spiro atoms. The highest BCUT2D eigenvalue weighted by Crippen LogP contribution is 2.46. The smallest absolute Gasteiger partial charge is 0.253 e. The van der Waals surface area contributed by atoms with Crippen LogP contribution in [0.1, 0.15) is 97.6 Å². The molecule has 0 saturated heterocycles. The van der Waals surface area contributed by atoms with E-state index in [2.05, 4.69) is 102 Å². The minimum atomic E-state index is -1.92. The Balaban J connectivity index is 0.000000491. The Morgan fingerprint density at radius 2 is 0.931 bits per heavy atom. The van der Waals surface area contributed by atoms with Crippen LogP contribution in [-0.2, 0) is 9.47 Å². The highest BCUT2D eigenvalue weighted by Gasteiger charge is 2.44. The molecule has 2 N–H and O–H groups in total. The molecule has 4 rings (SSSR count). The summed E-state index contributed by atoms with van der Waals surface area (Å²) in [6.07, 6.45) is 0.696. The van der Waals surface area contributed by atoms with Crippen LogP contribution in [-0.4, -0.2) is 97.7 Å². The Bertz CT molecular complexity index is 2280. The Kier molecular flexibility index (Phi) is 25.6. The van der Waals surface area contributed by atoms with Gasteiger partial charge >= 0.3 is 0 Å². The zero-order chi connectivity index (χ0) is 55.5. The lowest BCUT2D eigenvalue weighted by molar-refractivity contribution is 0.0503. The van der Waals surface area contributed by atoms with Crippen molar-refractivity contribution in [1.29, 1.82) is 0 Å². The third-order valence-electron chi connectivity index (χ3n) is 13.6. The lowest BCUT2D eigenvalue weighted by Crippen LogP contribution is -2.46. The van der Waals surface area contributed by atoms with E-state index < -0.39 is 25.0 Å². The molecule has 0 fully saturated rings. The summed E-state index contributed by atoms with van der Waals surface area (Å²) in [5.41, 5.74) is 2.14. The van der Waals surface area contributed by atoms with Crippen LogP contribution < -0.4 is 41.7 Å². The van der Waals surface area contributed by atoms with Gasteiger partial charge in [0.15, 0.2) is 42.3 Å². The Labute approximate surface area is 435 Å². The molecule has 0 heterocycles. The van der Waals surface area contributed by atoms with Crippen molar-refractivity contribution < 1.29 is 66.2 Å². The Morgan fingerprint density at radius 3 is 1.36 bits per heavy atom. The molecule has 0 aliphatic rings. The minimum absolute atomic E-state index is 0.0399. The van der Waals surface area contributed by atoms with E-state index in [0.717, 1.165) is 52.0 Å². The molecular formula is C55H90O14Si3. The maximum atomic E-state index is 10.2. The number of hydrogen-bond donors (Lipinski definition) is 2. The number of rotatable bonds is 19. The van der Waals surface area contributed by atoms with Crippen molar-refractivity contribution in [2.24, 2.45) is 0 Å². The van der Waals surface area contributed by atoms with Crippen LogP contribution in [0.3, 0.4) is 0 Å². The Hall–Kier alpha value is -5.08. The van der Waals surface area contributed by atoms with Gasteiger partial charge in [0.1, 0.15) is 40.8 Å². The first kappa shape index (κ1) is 64.9. The van der Waals surface area contributed by atoms with Gasteiger partial charge in [0.05, 0.1) is 28.4 Å². The molecule has 406 valence electrons. The summed E-state index contributed by atoms with van der Waals surface area (Å²) in [6.45, 7) is 37.6. The van der Waals surface area contributed by atoms with Crippen LogP contribution in [0.5, 0.6) is 63.2 Å². The van der Waals surface area contributed by atoms with Crippen LogP contribution in [0, 0.1) is 13.8 Å². The maximum Gasteiger partial charge on any atom is 0.253 e. The third kappa shape index (κ3) is 18.1. The van der Waals surface area contributed by atoms with Gasteiger partial charge in [0.2, 0.25) is 0 Å². The number of ether oxygens (including phenoxy) is 8. The number of methoxy groups -OCH3 is 6. The van der Waals surface area contributed by atoms with Crippen LogP contribution in [0.15, 0.2) is 60.7 Å². The first-order valence-electron chi connectivity index (χ1n) is 24.2. The van der Waals surface area contributed by atoms with E-state index in [1.807, 2.05) is 44.2 Å². The lowest BCUT2D eigenvalue weighted by Gasteiger charge is -2.39. The summed E-state index contributed by atoms with van der Waals surface area (Å²) in [6, 6.07) is 19.4. The molecule has 0 radical (unpaired) electrons. The molecule has 0 saturated carbocycles. The molecule has 2 atom stereocenters. The number of carbonyl (C=O) groups is 1. The van der Waals surface area contributed by atoms with Crippen molar-refractivity contribution in [3.63, 3.8) is 0 Å². The van der Waals surface area contributed by atoms with Gasteiger partial charge in [-0.1, -0.05) is 76.2 Å². The first-order chi connectivity index (χ1) is 33.3. The van der Waals surface area contributed by atoms with Gasteiger partial charge in [-0.3, -0.25) is 4.79 Å². The zero-order valence-corrected chi connectivity index (χ0v) is 51.0. The van der Waals surface area contributed by atoms with E-state index in [1.54, 1.807) is 47.7 Å². The average molecular weight is 1060 g/mol. The second-order valence-electron chi connectivity index (χ2n) is 21.2. The van der Waals surface area contributed by atoms with E-state index in [4.69, 9.17) is 56.3 Å². The molecule has 14 nitrogen and oxygen atoms in total. The zero-order valence-electron chi connectivity index (χ0n) is 48.0. The fraction of sp³-hybridized carbons (Fsp3) is 0.545. The monoisotopic (exact) mass is 1060 g/mol. The van der Waals surface area contributed by atoms with E-state index in [1.165, 1.54) is 25.3 Å². The maximum absolute atomic E-state index is 10.2. The molecule has 0 aliphatic carbocycles. The van der Waals surface area contributed by atoms with Gasteiger partial charge in [-0.05, 0) is 122 Å². The summed E-state index contributed by atoms with van der Waals surface area (Å²) in [4.78, 5) is 10.2. The van der Waals surface area contributed by atoms with E-state index in [9.17, 15) is 9.90 Å². The minimum Gasteiger partial charge on any atom is -0.541 e. The fourth-order valence-corrected chi connectivity index (χ4v) is 11.7. The number of benzene rings is 4. The molecule has 0 aliphatic heterocycles.